The number of fused-ring (bicyclic) bond motifs is 3. The summed E-state index contributed by atoms with van der Waals surface area (Å²) in [6.07, 6.45) is -0.384. The number of thiazole rings is 2. The normalized spacial score (nSPS) is 11.7. The first-order valence-electron chi connectivity index (χ1n) is 34.0. The Labute approximate surface area is 781 Å². The summed E-state index contributed by atoms with van der Waals surface area (Å²) < 4.78 is 183. The molecule has 0 saturated carbocycles. The third kappa shape index (κ3) is 24.4. The van der Waals surface area contributed by atoms with Crippen LogP contribution in [0.3, 0.4) is 0 Å². The maximum Gasteiger partial charge on any atom is 0.416 e. The molecule has 0 radical (unpaired) electrons. The number of rotatable bonds is 21. The molecule has 0 atom stereocenters. The lowest BCUT2D eigenvalue weighted by Gasteiger charge is -2.14. The Bertz CT molecular complexity index is 7000. The van der Waals surface area contributed by atoms with E-state index in [0.29, 0.717) is 47.8 Å². The lowest BCUT2D eigenvalue weighted by Crippen LogP contribution is -2.14. The van der Waals surface area contributed by atoms with Crippen molar-refractivity contribution >= 4 is 291 Å². The summed E-state index contributed by atoms with van der Waals surface area (Å²) in [5.74, 6) is 0.289. The van der Waals surface area contributed by atoms with Gasteiger partial charge in [0.15, 0.2) is 26.0 Å². The second kappa shape index (κ2) is 40.1. The number of sulfonamides is 4. The molecule has 15 rings (SSSR count). The summed E-state index contributed by atoms with van der Waals surface area (Å²) in [7, 11) is -14.7. The Balaban J connectivity index is 0.000000150. The van der Waals surface area contributed by atoms with Crippen LogP contribution in [0.15, 0.2) is 263 Å². The van der Waals surface area contributed by atoms with Gasteiger partial charge in [0.25, 0.3) is 40.1 Å². The van der Waals surface area contributed by atoms with E-state index in [4.69, 9.17) is 165 Å². The van der Waals surface area contributed by atoms with E-state index in [0.717, 1.165) is 63.5 Å². The predicted octanol–water partition coefficient (Wildman–Crippen LogP) is 29.0. The second-order valence-electron chi connectivity index (χ2n) is 25.0. The average Bonchev–Trinajstić information content (AvgIpc) is 1.74. The first-order chi connectivity index (χ1) is 58.1. The third-order valence-electron chi connectivity index (χ3n) is 16.1. The molecule has 0 aliphatic heterocycles. The van der Waals surface area contributed by atoms with Gasteiger partial charge in [0, 0.05) is 44.7 Å². The fraction of sp³-hybridized carbons (Fsp3) is 0.0380. The van der Waals surface area contributed by atoms with Gasteiger partial charge < -0.3 is 14.2 Å². The number of benzene rings is 11. The van der Waals surface area contributed by atoms with E-state index in [1.165, 1.54) is 150 Å². The van der Waals surface area contributed by atoms with Crippen LogP contribution >= 0.6 is 197 Å². The smallest absolute Gasteiger partial charge is 0.416 e. The van der Waals surface area contributed by atoms with E-state index in [2.05, 4.69) is 38.8 Å². The molecule has 4 heterocycles. The number of aromatic nitrogens is 4. The number of anilines is 4. The number of para-hydroxylation sites is 2. The molecular weight excluding hydrogens is 2030 g/mol. The topological polar surface area (TPSA) is 264 Å². The van der Waals surface area contributed by atoms with Crippen molar-refractivity contribution in [2.75, 3.05) is 26.0 Å². The van der Waals surface area contributed by atoms with Crippen molar-refractivity contribution in [3.8, 4) is 28.7 Å². The molecule has 636 valence electrons. The fourth-order valence-corrected chi connectivity index (χ4v) is 23.5. The minimum Gasteiger partial charge on any atom is -0.497 e. The highest BCUT2D eigenvalue weighted by Gasteiger charge is 2.33. The molecule has 0 spiro atoms. The molecule has 0 aliphatic rings. The third-order valence-corrected chi connectivity index (χ3v) is 30.8. The van der Waals surface area contributed by atoms with Gasteiger partial charge in [0.05, 0.1) is 134 Å². The number of aryl methyl sites for hydroxylation is 1. The summed E-state index contributed by atoms with van der Waals surface area (Å²) >= 11 is 84.9. The van der Waals surface area contributed by atoms with Gasteiger partial charge in [-0.15, -0.1) is 22.7 Å². The van der Waals surface area contributed by atoms with E-state index in [9.17, 15) is 51.2 Å². The van der Waals surface area contributed by atoms with E-state index in [1.807, 2.05) is 73.7 Å². The standard InChI is InChI=1S/C21H12Cl4N2O3S.C21H15Cl3N2O3S3.C20H11Cl2F3N2O2S3.C17H9Cl4FN2O3S/c22-13-5-6-20(16(23)8-13)31(28,29)27-14-9-17(24)21(18(25)10-14)30-15-7-12-3-1-2-4-19(12)26-11-15;1-11-3-6-19(14(22)7-11)32(27,28)26-12-8-15(23)20(16(24)9-12)31-21-25-17-10-13(29-2)4-5-18(17)30-21;21-13-10-12(6-7-16(13)30-19-26-15-3-1-2-4-17(15)31-19)27-32(28,29)18-8-5-11(9-14(18)22)20(23,24)25;18-9-1-2-16(13(20)4-9)28(25,26)24-11-5-14(21)17(15(22)6-11)27-12-3-10(19)7-23-8-12/h1-11,27H;3-10,26H,1-2H3;1-10,27H;1-8,24H. The Hall–Kier alpha value is -7.65. The molecule has 4 aromatic heterocycles. The molecule has 44 heteroatoms. The summed E-state index contributed by atoms with van der Waals surface area (Å²) in [5.41, 5.74) is 2.70. The molecule has 0 bridgehead atoms. The summed E-state index contributed by atoms with van der Waals surface area (Å²) in [5, 5.41) is 2.20. The van der Waals surface area contributed by atoms with Crippen molar-refractivity contribution in [2.24, 2.45) is 0 Å². The first kappa shape index (κ1) is 94.5. The van der Waals surface area contributed by atoms with E-state index >= 15 is 0 Å². The number of methoxy groups -OCH3 is 1. The highest BCUT2D eigenvalue weighted by atomic mass is 35.5. The number of hydrogen-bond donors (Lipinski definition) is 4. The van der Waals surface area contributed by atoms with Gasteiger partial charge in [-0.2, -0.15) is 13.2 Å². The van der Waals surface area contributed by atoms with Gasteiger partial charge in [-0.3, -0.25) is 28.9 Å². The zero-order chi connectivity index (χ0) is 88.8. The minimum atomic E-state index is -4.64. The van der Waals surface area contributed by atoms with Crippen molar-refractivity contribution in [3.63, 3.8) is 0 Å². The van der Waals surface area contributed by atoms with Crippen LogP contribution in [0.4, 0.5) is 40.3 Å². The molecule has 11 aromatic carbocycles. The van der Waals surface area contributed by atoms with Crippen molar-refractivity contribution in [1.82, 2.24) is 19.9 Å². The van der Waals surface area contributed by atoms with Gasteiger partial charge in [-0.05, 0) is 164 Å². The largest absolute Gasteiger partial charge is 0.497 e. The number of alkyl halides is 3. The van der Waals surface area contributed by atoms with Crippen LogP contribution in [0.5, 0.6) is 28.7 Å². The fourth-order valence-electron chi connectivity index (χ4n) is 10.7. The number of nitrogens with zero attached hydrogens (tertiary/aromatic N) is 4. The zero-order valence-electron chi connectivity index (χ0n) is 61.3. The van der Waals surface area contributed by atoms with Crippen LogP contribution in [0.2, 0.25) is 65.3 Å². The Morgan fingerprint density at radius 3 is 1.40 bits per heavy atom. The number of pyridine rings is 2. The Morgan fingerprint density at radius 1 is 0.390 bits per heavy atom. The van der Waals surface area contributed by atoms with Gasteiger partial charge in [0.2, 0.25) is 0 Å². The van der Waals surface area contributed by atoms with Crippen LogP contribution in [0.1, 0.15) is 11.1 Å². The maximum atomic E-state index is 14.5. The van der Waals surface area contributed by atoms with E-state index < -0.39 is 67.6 Å². The number of ether oxygens (including phenoxy) is 3. The van der Waals surface area contributed by atoms with Gasteiger partial charge in [-0.1, -0.05) is 211 Å². The molecule has 19 nitrogen and oxygen atoms in total. The van der Waals surface area contributed by atoms with Crippen molar-refractivity contribution < 1.29 is 65.4 Å². The summed E-state index contributed by atoms with van der Waals surface area (Å²) in [6.45, 7) is 1.83. The van der Waals surface area contributed by atoms with Crippen LogP contribution < -0.4 is 33.1 Å². The van der Waals surface area contributed by atoms with Gasteiger partial charge in [0.1, 0.15) is 36.8 Å². The molecule has 15 aromatic rings. The first-order valence-corrected chi connectivity index (χ1v) is 48.1. The maximum absolute atomic E-state index is 14.5. The quantitative estimate of drug-likeness (QED) is 0.0487. The highest BCUT2D eigenvalue weighted by molar-refractivity contribution is 8.01. The van der Waals surface area contributed by atoms with Crippen LogP contribution in [0, 0.1) is 12.7 Å². The zero-order valence-corrected chi connectivity index (χ0v) is 77.7. The molecule has 0 aliphatic carbocycles. The van der Waals surface area contributed by atoms with Crippen molar-refractivity contribution in [2.45, 2.75) is 51.2 Å². The lowest BCUT2D eigenvalue weighted by atomic mass is 10.2. The molecule has 0 fully saturated rings. The monoisotopic (exact) mass is 2070 g/mol. The molecule has 123 heavy (non-hydrogen) atoms. The van der Waals surface area contributed by atoms with E-state index in [-0.39, 0.29) is 94.9 Å². The second-order valence-corrected chi connectivity index (χ2v) is 41.6. The highest BCUT2D eigenvalue weighted by Crippen LogP contribution is 2.47. The van der Waals surface area contributed by atoms with E-state index in [1.54, 1.807) is 37.6 Å². The SMILES string of the molecule is COc1ccc2sc(Sc3c(Cl)cc(NS(=O)(=O)c4ccc(C)cc4Cl)cc3Cl)nc2c1.O=S(=O)(Nc1cc(Cl)c(Oc2cnc3ccccc3c2)c(Cl)c1)c1ccc(Cl)cc1Cl.O=S(=O)(Nc1cc(F)c(Oc2cncc(Cl)c2)c(Cl)c1)c1ccc(Cl)cc1Cl.O=S(=O)(Nc1ccc(Sc2nc3ccccc3s2)c(Cl)c1)c1ccc(C(F)(F)F)cc1Cl. The van der Waals surface area contributed by atoms with Crippen LogP contribution in [0.25, 0.3) is 31.3 Å². The lowest BCUT2D eigenvalue weighted by molar-refractivity contribution is -0.137. The molecule has 0 unspecified atom stereocenters. The molecular formula is C79H47Cl13F4N8O11S8. The predicted molar refractivity (Wildman–Crippen MR) is 490 cm³/mol. The van der Waals surface area contributed by atoms with Gasteiger partial charge >= 0.3 is 6.18 Å². The van der Waals surface area contributed by atoms with Crippen molar-refractivity contribution in [3.05, 3.63) is 307 Å². The van der Waals surface area contributed by atoms with Crippen LogP contribution in [-0.2, 0) is 46.3 Å². The average molecular weight is 2080 g/mol. The summed E-state index contributed by atoms with van der Waals surface area (Å²) in [6, 6.07) is 51.3. The molecule has 4 N–H and O–H groups in total. The minimum absolute atomic E-state index is 0.0130. The molecule has 0 amide bonds. The Kier molecular flexibility index (Phi) is 30.8. The Morgan fingerprint density at radius 2 is 0.862 bits per heavy atom. The number of hydrogen-bond acceptors (Lipinski definition) is 19. The number of halogens is 17. The van der Waals surface area contributed by atoms with Crippen LogP contribution in [-0.4, -0.2) is 60.7 Å². The summed E-state index contributed by atoms with van der Waals surface area (Å²) in [4.78, 5) is 17.7. The number of nitrogens with one attached hydrogen (secondary N) is 4. The molecule has 0 saturated heterocycles. The van der Waals surface area contributed by atoms with Gasteiger partial charge in [-0.25, -0.2) is 48.0 Å². The van der Waals surface area contributed by atoms with Crippen molar-refractivity contribution in [1.29, 1.82) is 0 Å².